The number of allylic oxidation sites excluding steroid dienone is 2. The zero-order valence-corrected chi connectivity index (χ0v) is 44.7. The van der Waals surface area contributed by atoms with E-state index in [9.17, 15) is 19.8 Å². The second-order valence-electron chi connectivity index (χ2n) is 20.7. The summed E-state index contributed by atoms with van der Waals surface area (Å²) in [5, 5.41) is 23.3. The lowest BCUT2D eigenvalue weighted by Gasteiger charge is -2.22. The Morgan fingerprint density at radius 3 is 1.08 bits per heavy atom. The number of amides is 1. The molecule has 1 amide bonds. The molecule has 0 aliphatic heterocycles. The largest absolute Gasteiger partial charge is 0.466 e. The van der Waals surface area contributed by atoms with E-state index in [4.69, 9.17) is 4.74 Å². The molecular weight excluding hydrogens is 815 g/mol. The molecule has 0 spiro atoms. The van der Waals surface area contributed by atoms with Crippen molar-refractivity contribution in [2.75, 3.05) is 13.2 Å². The Hall–Kier alpha value is -1.40. The van der Waals surface area contributed by atoms with E-state index in [0.717, 1.165) is 77.0 Å². The number of hydrogen-bond donors (Lipinski definition) is 3. The predicted molar refractivity (Wildman–Crippen MR) is 287 cm³/mol. The zero-order chi connectivity index (χ0) is 47.9. The highest BCUT2D eigenvalue weighted by Gasteiger charge is 2.20. The topological polar surface area (TPSA) is 95.9 Å². The van der Waals surface area contributed by atoms with Crippen LogP contribution in [0.25, 0.3) is 0 Å². The summed E-state index contributed by atoms with van der Waals surface area (Å²) in [6.45, 7) is 4.90. The summed E-state index contributed by atoms with van der Waals surface area (Å²) in [5.74, 6) is -0.0981. The van der Waals surface area contributed by atoms with Gasteiger partial charge in [-0.15, -0.1) is 0 Å². The molecule has 392 valence electrons. The summed E-state index contributed by atoms with van der Waals surface area (Å²) in [6, 6.07) is -0.567. The van der Waals surface area contributed by atoms with Crippen LogP contribution >= 0.6 is 0 Å². The second kappa shape index (κ2) is 56.2. The van der Waals surface area contributed by atoms with Gasteiger partial charge in [-0.05, 0) is 51.4 Å². The van der Waals surface area contributed by atoms with Crippen molar-refractivity contribution in [3.63, 3.8) is 0 Å². The average molecular weight is 933 g/mol. The quantitative estimate of drug-likeness (QED) is 0.0321. The van der Waals surface area contributed by atoms with Gasteiger partial charge in [-0.2, -0.15) is 0 Å². The van der Waals surface area contributed by atoms with Gasteiger partial charge in [0.1, 0.15) is 0 Å². The lowest BCUT2D eigenvalue weighted by molar-refractivity contribution is -0.143. The van der Waals surface area contributed by atoms with Crippen molar-refractivity contribution in [3.8, 4) is 0 Å². The molecule has 0 saturated carbocycles. The van der Waals surface area contributed by atoms with E-state index in [2.05, 4.69) is 31.3 Å². The summed E-state index contributed by atoms with van der Waals surface area (Å²) >= 11 is 0. The second-order valence-corrected chi connectivity index (χ2v) is 20.7. The van der Waals surface area contributed by atoms with Crippen LogP contribution in [-0.4, -0.2) is 47.4 Å². The van der Waals surface area contributed by atoms with Gasteiger partial charge in [0.2, 0.25) is 5.91 Å². The first-order valence-electron chi connectivity index (χ1n) is 29.9. The SMILES string of the molecule is CCCCCCCCCCCCCCCCCCCCCCCCCC(O)C(CO)NC(=O)CCCCCC/C=C\CCCCOC(=O)CCCCCCCCCCCCCCCCCC. The van der Waals surface area contributed by atoms with E-state index in [1.165, 1.54) is 225 Å². The number of carbonyl (C=O) groups excluding carboxylic acids is 2. The predicted octanol–water partition coefficient (Wildman–Crippen LogP) is 18.5. The number of unbranched alkanes of at least 4 members (excludes halogenated alkanes) is 43. The van der Waals surface area contributed by atoms with Crippen LogP contribution in [0, 0.1) is 0 Å². The molecule has 0 heterocycles. The summed E-state index contributed by atoms with van der Waals surface area (Å²) in [7, 11) is 0. The van der Waals surface area contributed by atoms with Gasteiger partial charge >= 0.3 is 5.97 Å². The fourth-order valence-corrected chi connectivity index (χ4v) is 9.46. The number of hydrogen-bond acceptors (Lipinski definition) is 5. The highest BCUT2D eigenvalue weighted by Crippen LogP contribution is 2.18. The summed E-state index contributed by atoms with van der Waals surface area (Å²) in [4.78, 5) is 24.6. The third-order valence-corrected chi connectivity index (χ3v) is 14.1. The Morgan fingerprint density at radius 1 is 0.409 bits per heavy atom. The minimum atomic E-state index is -0.686. The number of carbonyl (C=O) groups is 2. The van der Waals surface area contributed by atoms with Crippen LogP contribution in [0.2, 0.25) is 0 Å². The highest BCUT2D eigenvalue weighted by atomic mass is 16.5. The van der Waals surface area contributed by atoms with Crippen LogP contribution in [0.5, 0.6) is 0 Å². The fraction of sp³-hybridized carbons (Fsp3) is 0.933. The molecule has 0 radical (unpaired) electrons. The molecule has 6 nitrogen and oxygen atoms in total. The van der Waals surface area contributed by atoms with Gasteiger partial charge in [-0.3, -0.25) is 9.59 Å². The Balaban J connectivity index is 3.48. The zero-order valence-electron chi connectivity index (χ0n) is 44.7. The van der Waals surface area contributed by atoms with Crippen molar-refractivity contribution >= 4 is 11.9 Å². The summed E-state index contributed by atoms with van der Waals surface area (Å²) in [5.41, 5.74) is 0. The van der Waals surface area contributed by atoms with Crippen LogP contribution in [0.15, 0.2) is 12.2 Å². The van der Waals surface area contributed by atoms with Crippen molar-refractivity contribution in [2.24, 2.45) is 0 Å². The van der Waals surface area contributed by atoms with Crippen LogP contribution < -0.4 is 5.32 Å². The monoisotopic (exact) mass is 932 g/mol. The first kappa shape index (κ1) is 64.6. The molecule has 0 fully saturated rings. The average Bonchev–Trinajstić information content (AvgIpc) is 3.32. The van der Waals surface area contributed by atoms with E-state index < -0.39 is 12.1 Å². The van der Waals surface area contributed by atoms with Crippen LogP contribution in [0.1, 0.15) is 335 Å². The number of rotatable bonds is 56. The molecule has 0 aromatic rings. The molecule has 0 saturated heterocycles. The van der Waals surface area contributed by atoms with Gasteiger partial charge in [0, 0.05) is 12.8 Å². The lowest BCUT2D eigenvalue weighted by Crippen LogP contribution is -2.45. The summed E-state index contributed by atoms with van der Waals surface area (Å²) in [6.07, 6.45) is 66.4. The van der Waals surface area contributed by atoms with E-state index in [-0.39, 0.29) is 18.5 Å². The number of nitrogens with one attached hydrogen (secondary N) is 1. The maximum Gasteiger partial charge on any atom is 0.305 e. The van der Waals surface area contributed by atoms with Crippen molar-refractivity contribution in [1.29, 1.82) is 0 Å². The first-order chi connectivity index (χ1) is 32.5. The molecule has 6 heteroatoms. The first-order valence-corrected chi connectivity index (χ1v) is 29.9. The molecule has 2 unspecified atom stereocenters. The fourth-order valence-electron chi connectivity index (χ4n) is 9.46. The Kier molecular flexibility index (Phi) is 55.0. The lowest BCUT2D eigenvalue weighted by atomic mass is 10.0. The van der Waals surface area contributed by atoms with E-state index in [1.54, 1.807) is 0 Å². The van der Waals surface area contributed by atoms with Gasteiger partial charge in [0.15, 0.2) is 0 Å². The van der Waals surface area contributed by atoms with Gasteiger partial charge in [0.25, 0.3) is 0 Å². The normalized spacial score (nSPS) is 12.6. The highest BCUT2D eigenvalue weighted by molar-refractivity contribution is 5.76. The Morgan fingerprint density at radius 2 is 0.712 bits per heavy atom. The van der Waals surface area contributed by atoms with Crippen LogP contribution in [0.4, 0.5) is 0 Å². The summed E-state index contributed by atoms with van der Waals surface area (Å²) < 4.78 is 5.45. The third-order valence-electron chi connectivity index (χ3n) is 14.1. The standard InChI is InChI=1S/C60H117NO5/c1-3-5-7-9-11-13-15-17-19-21-22-23-24-25-26-27-28-30-32-36-40-44-48-52-58(63)57(56-62)61-59(64)53-49-45-41-37-34-35-39-43-47-51-55-66-60(65)54-50-46-42-38-33-31-29-20-18-16-14-12-10-8-6-4-2/h35,39,57-58,62-63H,3-34,36-38,40-56H2,1-2H3,(H,61,64)/b39-35-. The smallest absolute Gasteiger partial charge is 0.305 e. The van der Waals surface area contributed by atoms with Gasteiger partial charge < -0.3 is 20.3 Å². The number of aliphatic hydroxyl groups is 2. The maximum atomic E-state index is 12.5. The van der Waals surface area contributed by atoms with Crippen LogP contribution in [-0.2, 0) is 14.3 Å². The molecule has 0 aliphatic carbocycles. The van der Waals surface area contributed by atoms with E-state index in [0.29, 0.717) is 25.9 Å². The van der Waals surface area contributed by atoms with Gasteiger partial charge in [-0.25, -0.2) is 0 Å². The molecule has 0 bridgehead atoms. The molecular formula is C60H117NO5. The Bertz CT molecular complexity index is 986. The van der Waals surface area contributed by atoms with Crippen molar-refractivity contribution in [2.45, 2.75) is 347 Å². The number of ether oxygens (including phenoxy) is 1. The minimum absolute atomic E-state index is 0.0316. The minimum Gasteiger partial charge on any atom is -0.466 e. The molecule has 66 heavy (non-hydrogen) atoms. The Labute approximate surface area is 412 Å². The van der Waals surface area contributed by atoms with Gasteiger partial charge in [0.05, 0.1) is 25.4 Å². The molecule has 0 aliphatic rings. The molecule has 2 atom stereocenters. The van der Waals surface area contributed by atoms with Crippen LogP contribution in [0.3, 0.4) is 0 Å². The van der Waals surface area contributed by atoms with Crippen molar-refractivity contribution < 1.29 is 24.5 Å². The third kappa shape index (κ3) is 52.0. The van der Waals surface area contributed by atoms with E-state index >= 15 is 0 Å². The van der Waals surface area contributed by atoms with Crippen molar-refractivity contribution in [1.82, 2.24) is 5.32 Å². The maximum absolute atomic E-state index is 12.5. The van der Waals surface area contributed by atoms with Crippen molar-refractivity contribution in [3.05, 3.63) is 12.2 Å². The van der Waals surface area contributed by atoms with E-state index in [1.807, 2.05) is 0 Å². The number of aliphatic hydroxyl groups excluding tert-OH is 2. The van der Waals surface area contributed by atoms with Gasteiger partial charge in [-0.1, -0.05) is 283 Å². The molecule has 3 N–H and O–H groups in total. The molecule has 0 rings (SSSR count). The molecule has 0 aromatic carbocycles. The molecule has 0 aromatic heterocycles. The number of esters is 1.